The van der Waals surface area contributed by atoms with Gasteiger partial charge in [0, 0.05) is 34.0 Å². The standard InChI is InChI=1S/C13H24N2O3/c1-7-8-9(2)12(18-6)11(13(17)14-4)15(5)10(3)16/h7-9,11-12H,1-6H3,(H,14,17)/b8-7+/t9-,11+,12-/m1/s1. The van der Waals surface area contributed by atoms with Gasteiger partial charge >= 0.3 is 0 Å². The summed E-state index contributed by atoms with van der Waals surface area (Å²) >= 11 is 0. The number of methoxy groups -OCH3 is 1. The summed E-state index contributed by atoms with van der Waals surface area (Å²) in [6.07, 6.45) is 3.48. The van der Waals surface area contributed by atoms with E-state index in [0.29, 0.717) is 0 Å². The molecule has 3 atom stereocenters. The van der Waals surface area contributed by atoms with Crippen molar-refractivity contribution in [2.75, 3.05) is 21.2 Å². The van der Waals surface area contributed by atoms with Gasteiger partial charge in [0.05, 0.1) is 6.10 Å². The average Bonchev–Trinajstić information content (AvgIpc) is 2.34. The average molecular weight is 256 g/mol. The number of nitrogens with one attached hydrogen (secondary N) is 1. The van der Waals surface area contributed by atoms with Gasteiger partial charge < -0.3 is 15.0 Å². The summed E-state index contributed by atoms with van der Waals surface area (Å²) in [5.41, 5.74) is 0. The van der Waals surface area contributed by atoms with E-state index in [4.69, 9.17) is 4.74 Å². The zero-order valence-corrected chi connectivity index (χ0v) is 12.1. The lowest BCUT2D eigenvalue weighted by atomic mass is 9.95. The Morgan fingerprint density at radius 1 is 1.39 bits per heavy atom. The van der Waals surface area contributed by atoms with E-state index >= 15 is 0 Å². The minimum atomic E-state index is -0.635. The maximum Gasteiger partial charge on any atom is 0.245 e. The maximum absolute atomic E-state index is 12.0. The van der Waals surface area contributed by atoms with Gasteiger partial charge in [-0.15, -0.1) is 0 Å². The normalized spacial score (nSPS) is 16.1. The highest BCUT2D eigenvalue weighted by Crippen LogP contribution is 2.17. The zero-order valence-electron chi connectivity index (χ0n) is 12.1. The Bertz CT molecular complexity index is 315. The van der Waals surface area contributed by atoms with Crippen molar-refractivity contribution >= 4 is 11.8 Å². The van der Waals surface area contributed by atoms with Crippen LogP contribution < -0.4 is 5.32 Å². The maximum atomic E-state index is 12.0. The van der Waals surface area contributed by atoms with Crippen LogP contribution in [-0.4, -0.2) is 50.1 Å². The van der Waals surface area contributed by atoms with Crippen LogP contribution in [0.15, 0.2) is 12.2 Å². The highest BCUT2D eigenvalue weighted by atomic mass is 16.5. The largest absolute Gasteiger partial charge is 0.378 e. The monoisotopic (exact) mass is 256 g/mol. The fourth-order valence-electron chi connectivity index (χ4n) is 1.93. The Balaban J connectivity index is 5.25. The quantitative estimate of drug-likeness (QED) is 0.715. The van der Waals surface area contributed by atoms with Crippen LogP contribution in [0.1, 0.15) is 20.8 Å². The van der Waals surface area contributed by atoms with Gasteiger partial charge in [-0.3, -0.25) is 9.59 Å². The summed E-state index contributed by atoms with van der Waals surface area (Å²) in [7, 11) is 4.71. The predicted molar refractivity (Wildman–Crippen MR) is 71.1 cm³/mol. The molecule has 0 aromatic heterocycles. The number of hydrogen-bond acceptors (Lipinski definition) is 3. The van der Waals surface area contributed by atoms with E-state index in [1.807, 2.05) is 26.0 Å². The summed E-state index contributed by atoms with van der Waals surface area (Å²) in [6, 6.07) is -0.635. The van der Waals surface area contributed by atoms with Gasteiger partial charge in [-0.25, -0.2) is 0 Å². The van der Waals surface area contributed by atoms with Crippen molar-refractivity contribution in [1.29, 1.82) is 0 Å². The van der Waals surface area contributed by atoms with Gasteiger partial charge in [-0.1, -0.05) is 19.1 Å². The molecule has 0 aliphatic rings. The summed E-state index contributed by atoms with van der Waals surface area (Å²) in [5.74, 6) is -0.363. The van der Waals surface area contributed by atoms with Crippen LogP contribution in [-0.2, 0) is 14.3 Å². The summed E-state index contributed by atoms with van der Waals surface area (Å²) < 4.78 is 5.42. The molecule has 5 heteroatoms. The minimum absolute atomic E-state index is 0.0316. The van der Waals surface area contributed by atoms with Crippen LogP contribution in [0, 0.1) is 5.92 Å². The Labute approximate surface area is 109 Å². The Morgan fingerprint density at radius 2 is 1.94 bits per heavy atom. The molecule has 1 N–H and O–H groups in total. The number of carbonyl (C=O) groups excluding carboxylic acids is 2. The molecule has 0 aromatic rings. The van der Waals surface area contributed by atoms with Crippen LogP contribution in [0.5, 0.6) is 0 Å². The van der Waals surface area contributed by atoms with E-state index in [1.54, 1.807) is 21.2 Å². The van der Waals surface area contributed by atoms with Crippen LogP contribution in [0.3, 0.4) is 0 Å². The fourth-order valence-corrected chi connectivity index (χ4v) is 1.93. The van der Waals surface area contributed by atoms with Crippen LogP contribution in [0.4, 0.5) is 0 Å². The summed E-state index contributed by atoms with van der Waals surface area (Å²) in [5, 5.41) is 2.58. The van der Waals surface area contributed by atoms with Crippen molar-refractivity contribution in [3.63, 3.8) is 0 Å². The highest BCUT2D eigenvalue weighted by Gasteiger charge is 2.35. The van der Waals surface area contributed by atoms with Gasteiger partial charge in [0.1, 0.15) is 6.04 Å². The predicted octanol–water partition coefficient (Wildman–Crippen LogP) is 0.806. The zero-order chi connectivity index (χ0) is 14.3. The topological polar surface area (TPSA) is 58.6 Å². The molecule has 0 saturated heterocycles. The smallest absolute Gasteiger partial charge is 0.245 e. The molecular formula is C13H24N2O3. The first-order valence-electron chi connectivity index (χ1n) is 6.01. The number of rotatable bonds is 6. The lowest BCUT2D eigenvalue weighted by molar-refractivity contribution is -0.143. The van der Waals surface area contributed by atoms with E-state index in [-0.39, 0.29) is 23.8 Å². The molecule has 0 heterocycles. The molecule has 0 spiro atoms. The van der Waals surface area contributed by atoms with Crippen molar-refractivity contribution < 1.29 is 14.3 Å². The van der Waals surface area contributed by atoms with E-state index in [2.05, 4.69) is 5.32 Å². The Kier molecular flexibility index (Phi) is 7.27. The van der Waals surface area contributed by atoms with E-state index in [1.165, 1.54) is 11.8 Å². The summed E-state index contributed by atoms with van der Waals surface area (Å²) in [4.78, 5) is 24.8. The number of nitrogens with zero attached hydrogens (tertiary/aromatic N) is 1. The van der Waals surface area contributed by atoms with Gasteiger partial charge in [-0.05, 0) is 6.92 Å². The van der Waals surface area contributed by atoms with E-state index < -0.39 is 6.04 Å². The number of allylic oxidation sites excluding steroid dienone is 1. The molecule has 0 bridgehead atoms. The fraction of sp³-hybridized carbons (Fsp3) is 0.692. The number of hydrogen-bond donors (Lipinski definition) is 1. The molecule has 0 aliphatic heterocycles. The van der Waals surface area contributed by atoms with Crippen molar-refractivity contribution in [2.24, 2.45) is 5.92 Å². The van der Waals surface area contributed by atoms with Crippen LogP contribution in [0.25, 0.3) is 0 Å². The summed E-state index contributed by atoms with van der Waals surface area (Å²) in [6.45, 7) is 5.30. The third kappa shape index (κ3) is 4.14. The molecule has 104 valence electrons. The van der Waals surface area contributed by atoms with Gasteiger partial charge in [0.2, 0.25) is 11.8 Å². The van der Waals surface area contributed by atoms with Crippen LogP contribution >= 0.6 is 0 Å². The van der Waals surface area contributed by atoms with Crippen molar-refractivity contribution in [1.82, 2.24) is 10.2 Å². The second-order valence-corrected chi connectivity index (χ2v) is 4.27. The molecular weight excluding hydrogens is 232 g/mol. The van der Waals surface area contributed by atoms with Crippen LogP contribution in [0.2, 0.25) is 0 Å². The van der Waals surface area contributed by atoms with Crippen molar-refractivity contribution in [3.8, 4) is 0 Å². The van der Waals surface area contributed by atoms with Gasteiger partial charge in [-0.2, -0.15) is 0 Å². The lowest BCUT2D eigenvalue weighted by Crippen LogP contribution is -2.55. The first-order chi connectivity index (χ1) is 8.40. The Hall–Kier alpha value is -1.36. The number of amides is 2. The Morgan fingerprint density at radius 3 is 2.28 bits per heavy atom. The van der Waals surface area contributed by atoms with Gasteiger partial charge in [0.15, 0.2) is 0 Å². The van der Waals surface area contributed by atoms with Crippen molar-refractivity contribution in [3.05, 3.63) is 12.2 Å². The lowest BCUT2D eigenvalue weighted by Gasteiger charge is -2.34. The second-order valence-electron chi connectivity index (χ2n) is 4.27. The SMILES string of the molecule is C/C=C/[C@@H](C)[C@@H](OC)[C@@H](C(=O)NC)N(C)C(C)=O. The molecule has 0 unspecified atom stereocenters. The first kappa shape index (κ1) is 16.6. The molecule has 0 radical (unpaired) electrons. The second kappa shape index (κ2) is 7.87. The first-order valence-corrected chi connectivity index (χ1v) is 6.01. The number of carbonyl (C=O) groups is 2. The van der Waals surface area contributed by atoms with E-state index in [0.717, 1.165) is 0 Å². The number of ether oxygens (including phenoxy) is 1. The molecule has 5 nitrogen and oxygen atoms in total. The molecule has 0 aromatic carbocycles. The highest BCUT2D eigenvalue weighted by molar-refractivity contribution is 5.87. The molecule has 18 heavy (non-hydrogen) atoms. The third-order valence-electron chi connectivity index (χ3n) is 3.03. The molecule has 0 saturated carbocycles. The van der Waals surface area contributed by atoms with Crippen molar-refractivity contribution in [2.45, 2.75) is 32.9 Å². The van der Waals surface area contributed by atoms with E-state index in [9.17, 15) is 9.59 Å². The molecule has 0 rings (SSSR count). The molecule has 2 amide bonds. The number of likely N-dealkylation sites (N-methyl/N-ethyl adjacent to an activating group) is 2. The van der Waals surface area contributed by atoms with Gasteiger partial charge in [0.25, 0.3) is 0 Å². The minimum Gasteiger partial charge on any atom is -0.378 e. The molecule has 0 fully saturated rings. The third-order valence-corrected chi connectivity index (χ3v) is 3.03. The molecule has 0 aliphatic carbocycles.